The second kappa shape index (κ2) is 4.99. The van der Waals surface area contributed by atoms with Gasteiger partial charge in [0.15, 0.2) is 0 Å². The number of nitrogens with one attached hydrogen (secondary N) is 2. The molecule has 1 aliphatic heterocycles. The minimum Gasteiger partial charge on any atom is -0.392 e. The number of anilines is 1. The summed E-state index contributed by atoms with van der Waals surface area (Å²) < 4.78 is 0. The molecule has 0 radical (unpaired) electrons. The third kappa shape index (κ3) is 2.59. The molecule has 3 N–H and O–H groups in total. The largest absolute Gasteiger partial charge is 0.392 e. The van der Waals surface area contributed by atoms with E-state index in [2.05, 4.69) is 10.6 Å². The van der Waals surface area contributed by atoms with E-state index in [0.29, 0.717) is 13.0 Å². The Kier molecular flexibility index (Phi) is 3.19. The van der Waals surface area contributed by atoms with Crippen LogP contribution in [0.5, 0.6) is 0 Å². The van der Waals surface area contributed by atoms with Crippen LogP contribution in [-0.2, 0) is 4.79 Å². The number of rotatable bonds is 2. The van der Waals surface area contributed by atoms with Crippen LogP contribution in [0, 0.1) is 0 Å². The standard InChI is InChI=1S/C15H16N2O2/c18-13-8-14(16-9-13)15(19)17-12-6-5-10-3-1-2-4-11(10)7-12/h1-7,13-14,16,18H,8-9H2,(H,17,19)/t13?,14-/m1/s1. The van der Waals surface area contributed by atoms with Gasteiger partial charge in [-0.15, -0.1) is 0 Å². The van der Waals surface area contributed by atoms with Gasteiger partial charge in [-0.05, 0) is 29.3 Å². The lowest BCUT2D eigenvalue weighted by Gasteiger charge is -2.11. The van der Waals surface area contributed by atoms with Crippen LogP contribution in [0.2, 0.25) is 0 Å². The highest BCUT2D eigenvalue weighted by Crippen LogP contribution is 2.19. The van der Waals surface area contributed by atoms with E-state index in [4.69, 9.17) is 0 Å². The van der Waals surface area contributed by atoms with Gasteiger partial charge in [0.05, 0.1) is 12.1 Å². The Morgan fingerprint density at radius 3 is 2.74 bits per heavy atom. The van der Waals surface area contributed by atoms with Crippen LogP contribution in [-0.4, -0.2) is 29.7 Å². The number of aliphatic hydroxyl groups excluding tert-OH is 1. The molecule has 2 atom stereocenters. The van der Waals surface area contributed by atoms with Crippen LogP contribution in [0.3, 0.4) is 0 Å². The van der Waals surface area contributed by atoms with Gasteiger partial charge in [-0.3, -0.25) is 4.79 Å². The van der Waals surface area contributed by atoms with Crippen LogP contribution in [0.15, 0.2) is 42.5 Å². The molecular formula is C15H16N2O2. The Balaban J connectivity index is 1.76. The van der Waals surface area contributed by atoms with Gasteiger partial charge in [0.25, 0.3) is 0 Å². The van der Waals surface area contributed by atoms with Gasteiger partial charge >= 0.3 is 0 Å². The number of carbonyl (C=O) groups excluding carboxylic acids is 1. The van der Waals surface area contributed by atoms with Gasteiger partial charge in [-0.1, -0.05) is 30.3 Å². The van der Waals surface area contributed by atoms with Gasteiger partial charge in [-0.25, -0.2) is 0 Å². The number of aliphatic hydroxyl groups is 1. The molecule has 98 valence electrons. The summed E-state index contributed by atoms with van der Waals surface area (Å²) in [7, 11) is 0. The highest BCUT2D eigenvalue weighted by atomic mass is 16.3. The maximum absolute atomic E-state index is 12.0. The van der Waals surface area contributed by atoms with Crippen molar-refractivity contribution in [3.8, 4) is 0 Å². The van der Waals surface area contributed by atoms with E-state index in [1.54, 1.807) is 0 Å². The first-order valence-corrected chi connectivity index (χ1v) is 6.43. The van der Waals surface area contributed by atoms with Crippen molar-refractivity contribution in [1.29, 1.82) is 0 Å². The lowest BCUT2D eigenvalue weighted by Crippen LogP contribution is -2.35. The fourth-order valence-electron chi connectivity index (χ4n) is 2.41. The predicted molar refractivity (Wildman–Crippen MR) is 75.0 cm³/mol. The van der Waals surface area contributed by atoms with E-state index in [0.717, 1.165) is 16.5 Å². The van der Waals surface area contributed by atoms with Crippen LogP contribution >= 0.6 is 0 Å². The first kappa shape index (κ1) is 12.1. The zero-order valence-electron chi connectivity index (χ0n) is 10.5. The molecule has 1 unspecified atom stereocenters. The molecule has 4 heteroatoms. The molecule has 2 aromatic carbocycles. The summed E-state index contributed by atoms with van der Waals surface area (Å²) in [6.45, 7) is 0.482. The molecule has 19 heavy (non-hydrogen) atoms. The molecule has 1 amide bonds. The average Bonchev–Trinajstić information content (AvgIpc) is 2.85. The van der Waals surface area contributed by atoms with E-state index in [-0.39, 0.29) is 11.9 Å². The van der Waals surface area contributed by atoms with E-state index >= 15 is 0 Å². The van der Waals surface area contributed by atoms with Crippen molar-refractivity contribution in [1.82, 2.24) is 5.32 Å². The highest BCUT2D eigenvalue weighted by molar-refractivity contribution is 5.97. The van der Waals surface area contributed by atoms with E-state index < -0.39 is 6.10 Å². The number of hydrogen-bond donors (Lipinski definition) is 3. The van der Waals surface area contributed by atoms with E-state index in [1.165, 1.54) is 0 Å². The van der Waals surface area contributed by atoms with Crippen molar-refractivity contribution in [2.75, 3.05) is 11.9 Å². The fraction of sp³-hybridized carbons (Fsp3) is 0.267. The summed E-state index contributed by atoms with van der Waals surface area (Å²) in [5.74, 6) is -0.0909. The summed E-state index contributed by atoms with van der Waals surface area (Å²) in [5, 5.41) is 17.5. The minimum atomic E-state index is -0.424. The molecule has 2 aromatic rings. The van der Waals surface area contributed by atoms with Crippen LogP contribution in [0.1, 0.15) is 6.42 Å². The Hall–Kier alpha value is -1.91. The van der Waals surface area contributed by atoms with Crippen molar-refractivity contribution in [2.24, 2.45) is 0 Å². The lowest BCUT2D eigenvalue weighted by molar-refractivity contribution is -0.117. The van der Waals surface area contributed by atoms with E-state index in [9.17, 15) is 9.90 Å². The molecule has 1 heterocycles. The van der Waals surface area contributed by atoms with Crippen LogP contribution < -0.4 is 10.6 Å². The van der Waals surface area contributed by atoms with Crippen molar-refractivity contribution < 1.29 is 9.90 Å². The second-order valence-corrected chi connectivity index (χ2v) is 4.90. The molecule has 0 saturated carbocycles. The number of benzene rings is 2. The molecule has 1 fully saturated rings. The SMILES string of the molecule is O=C(Nc1ccc2ccccc2c1)[C@H]1CC(O)CN1. The maximum Gasteiger partial charge on any atom is 0.241 e. The minimum absolute atomic E-state index is 0.0909. The monoisotopic (exact) mass is 256 g/mol. The molecule has 0 spiro atoms. The average molecular weight is 256 g/mol. The van der Waals surface area contributed by atoms with Crippen molar-refractivity contribution in [3.05, 3.63) is 42.5 Å². The normalized spacial score (nSPS) is 22.6. The van der Waals surface area contributed by atoms with Gasteiger partial charge < -0.3 is 15.7 Å². The van der Waals surface area contributed by atoms with Gasteiger partial charge in [0.2, 0.25) is 5.91 Å². The molecule has 0 aliphatic carbocycles. The number of fused-ring (bicyclic) bond motifs is 1. The van der Waals surface area contributed by atoms with Gasteiger partial charge in [0.1, 0.15) is 0 Å². The fourth-order valence-corrected chi connectivity index (χ4v) is 2.41. The summed E-state index contributed by atoms with van der Waals surface area (Å²) in [5.41, 5.74) is 0.784. The number of carbonyl (C=O) groups is 1. The Labute approximate surface area is 111 Å². The van der Waals surface area contributed by atoms with Gasteiger partial charge in [0, 0.05) is 12.2 Å². The smallest absolute Gasteiger partial charge is 0.241 e. The highest BCUT2D eigenvalue weighted by Gasteiger charge is 2.27. The van der Waals surface area contributed by atoms with E-state index in [1.807, 2.05) is 42.5 Å². The Morgan fingerprint density at radius 2 is 2.00 bits per heavy atom. The molecule has 1 saturated heterocycles. The first-order valence-electron chi connectivity index (χ1n) is 6.43. The van der Waals surface area contributed by atoms with Crippen molar-refractivity contribution in [2.45, 2.75) is 18.6 Å². The number of amides is 1. The maximum atomic E-state index is 12.0. The summed E-state index contributed by atoms with van der Waals surface area (Å²) in [6.07, 6.45) is 0.0479. The van der Waals surface area contributed by atoms with Crippen molar-refractivity contribution >= 4 is 22.4 Å². The molecule has 0 bridgehead atoms. The van der Waals surface area contributed by atoms with Gasteiger partial charge in [-0.2, -0.15) is 0 Å². The number of β-amino-alcohol motifs (C(OH)–C–C–N with tert-alkyl or cyclic N) is 1. The third-order valence-electron chi connectivity index (χ3n) is 3.44. The topological polar surface area (TPSA) is 61.4 Å². The molecule has 0 aromatic heterocycles. The number of hydrogen-bond acceptors (Lipinski definition) is 3. The Morgan fingerprint density at radius 1 is 1.21 bits per heavy atom. The zero-order valence-corrected chi connectivity index (χ0v) is 10.5. The molecular weight excluding hydrogens is 240 g/mol. The van der Waals surface area contributed by atoms with Crippen LogP contribution in [0.25, 0.3) is 10.8 Å². The second-order valence-electron chi connectivity index (χ2n) is 4.90. The quantitative estimate of drug-likeness (QED) is 0.763. The summed E-state index contributed by atoms with van der Waals surface area (Å²) in [6, 6.07) is 13.6. The summed E-state index contributed by atoms with van der Waals surface area (Å²) in [4.78, 5) is 12.0. The molecule has 4 nitrogen and oxygen atoms in total. The van der Waals surface area contributed by atoms with Crippen LogP contribution in [0.4, 0.5) is 5.69 Å². The summed E-state index contributed by atoms with van der Waals surface area (Å²) >= 11 is 0. The predicted octanol–water partition coefficient (Wildman–Crippen LogP) is 1.50. The first-order chi connectivity index (χ1) is 9.22. The lowest BCUT2D eigenvalue weighted by atomic mass is 10.1. The molecule has 1 aliphatic rings. The van der Waals surface area contributed by atoms with Crippen molar-refractivity contribution in [3.63, 3.8) is 0 Å². The third-order valence-corrected chi connectivity index (χ3v) is 3.44. The Bertz CT molecular complexity index is 612. The zero-order chi connectivity index (χ0) is 13.2. The molecule has 3 rings (SSSR count).